The van der Waals surface area contributed by atoms with Crippen molar-refractivity contribution in [2.75, 3.05) is 0 Å². The van der Waals surface area contributed by atoms with Crippen LogP contribution in [0.2, 0.25) is 23.2 Å². The van der Waals surface area contributed by atoms with Crippen molar-refractivity contribution in [1.82, 2.24) is 0 Å². The molecule has 1 radical (unpaired) electrons. The smallest absolute Gasteiger partial charge is 0.0420 e. The molecule has 73 valence electrons. The lowest BCUT2D eigenvalue weighted by Crippen LogP contribution is -2.39. The molecule has 0 saturated heterocycles. The highest BCUT2D eigenvalue weighted by molar-refractivity contribution is 7.23. The van der Waals surface area contributed by atoms with Crippen LogP contribution in [-0.4, -0.2) is 16.6 Å². The van der Waals surface area contributed by atoms with E-state index in [-0.39, 0.29) is 16.6 Å². The van der Waals surface area contributed by atoms with Gasteiger partial charge in [0.15, 0.2) is 0 Å². The van der Waals surface area contributed by atoms with Gasteiger partial charge >= 0.3 is 0 Å². The van der Waals surface area contributed by atoms with Crippen LogP contribution in [0.3, 0.4) is 0 Å². The van der Waals surface area contributed by atoms with E-state index in [4.69, 9.17) is 0 Å². The van der Waals surface area contributed by atoms with E-state index in [1.54, 1.807) is 0 Å². The molecule has 0 fully saturated rings. The molecule has 0 aliphatic heterocycles. The van der Waals surface area contributed by atoms with E-state index in [2.05, 4.69) is 41.5 Å². The van der Waals surface area contributed by atoms with Crippen LogP contribution in [-0.2, 0) is 0 Å². The Kier molecular flexibility index (Phi) is 6.19. The normalized spacial score (nSPS) is 12.5. The van der Waals surface area contributed by atoms with Gasteiger partial charge in [0.25, 0.3) is 0 Å². The van der Waals surface area contributed by atoms with E-state index < -0.39 is 0 Å². The van der Waals surface area contributed by atoms with Gasteiger partial charge in [0.05, 0.1) is 0 Å². The van der Waals surface area contributed by atoms with Gasteiger partial charge in [-0.3, -0.25) is 0 Å². The first kappa shape index (κ1) is 12.4. The maximum absolute atomic E-state index is 2.44. The maximum atomic E-state index is 2.44. The fourth-order valence-electron chi connectivity index (χ4n) is 2.37. The molecule has 0 bridgehead atoms. The first-order valence-electron chi connectivity index (χ1n) is 5.41. The Morgan fingerprint density at radius 1 is 0.917 bits per heavy atom. The van der Waals surface area contributed by atoms with Crippen LogP contribution >= 0.6 is 0 Å². The maximum Gasteiger partial charge on any atom is 0.0420 e. The summed E-state index contributed by atoms with van der Waals surface area (Å²) in [6.07, 6.45) is 0. The van der Waals surface area contributed by atoms with Gasteiger partial charge in [-0.2, -0.15) is 0 Å². The zero-order valence-electron chi connectivity index (χ0n) is 9.65. The molecule has 2 heteroatoms. The second-order valence-corrected chi connectivity index (χ2v) is 15.1. The molecular weight excluding hydrogens is 176 g/mol. The molecule has 0 N–H and O–H groups in total. The van der Waals surface area contributed by atoms with E-state index in [0.717, 1.165) is 11.1 Å². The quantitative estimate of drug-likeness (QED) is 0.596. The molecule has 0 saturated carbocycles. The zero-order valence-corrected chi connectivity index (χ0v) is 11.8. The lowest BCUT2D eigenvalue weighted by molar-refractivity contribution is 0.955. The minimum atomic E-state index is -0.321. The van der Waals surface area contributed by atoms with Gasteiger partial charge < -0.3 is 0 Å². The Bertz CT molecular complexity index is 98.4. The lowest BCUT2D eigenvalue weighted by atomic mass is 10.5. The highest BCUT2D eigenvalue weighted by Crippen LogP contribution is 2.25. The van der Waals surface area contributed by atoms with Crippen molar-refractivity contribution < 1.29 is 0 Å². The molecule has 0 aliphatic carbocycles. The van der Waals surface area contributed by atoms with Crippen molar-refractivity contribution in [3.8, 4) is 0 Å². The van der Waals surface area contributed by atoms with Gasteiger partial charge in [0.1, 0.15) is 0 Å². The van der Waals surface area contributed by atoms with Crippen LogP contribution in [0.4, 0.5) is 0 Å². The van der Waals surface area contributed by atoms with Gasteiger partial charge in [-0.25, -0.2) is 0 Å². The minimum absolute atomic E-state index is 0.0201. The van der Waals surface area contributed by atoms with Crippen molar-refractivity contribution in [1.29, 1.82) is 0 Å². The summed E-state index contributed by atoms with van der Waals surface area (Å²) in [5.74, 6) is 0. The van der Waals surface area contributed by atoms with Gasteiger partial charge in [-0.1, -0.05) is 64.7 Å². The monoisotopic (exact) mass is 201 g/mol. The van der Waals surface area contributed by atoms with Crippen molar-refractivity contribution in [2.45, 2.75) is 64.7 Å². The van der Waals surface area contributed by atoms with E-state index in [1.165, 1.54) is 12.1 Å². The van der Waals surface area contributed by atoms with E-state index in [1.807, 2.05) is 0 Å². The zero-order chi connectivity index (χ0) is 9.72. The first-order chi connectivity index (χ1) is 5.54. The third kappa shape index (κ3) is 3.44. The van der Waals surface area contributed by atoms with Crippen LogP contribution < -0.4 is 0 Å². The molecule has 0 rings (SSSR count). The Balaban J connectivity index is 4.26. The molecule has 0 aromatic heterocycles. The van der Waals surface area contributed by atoms with Gasteiger partial charge in [0, 0.05) is 16.6 Å². The SMILES string of the molecule is CC[SiH](CC)[Si](C(C)C)C(C)C. The molecule has 12 heavy (non-hydrogen) atoms. The molecule has 0 unspecified atom stereocenters. The lowest BCUT2D eigenvalue weighted by Gasteiger charge is -2.29. The highest BCUT2D eigenvalue weighted by atomic mass is 29.2. The average molecular weight is 201 g/mol. The molecule has 0 atom stereocenters. The average Bonchev–Trinajstić information content (AvgIpc) is 1.98. The van der Waals surface area contributed by atoms with E-state index >= 15 is 0 Å². The Morgan fingerprint density at radius 2 is 1.25 bits per heavy atom. The predicted molar refractivity (Wildman–Crippen MR) is 64.1 cm³/mol. The summed E-state index contributed by atoms with van der Waals surface area (Å²) >= 11 is 0. The molecule has 0 heterocycles. The van der Waals surface area contributed by atoms with Crippen molar-refractivity contribution in [3.05, 3.63) is 0 Å². The Labute approximate surface area is 81.8 Å². The van der Waals surface area contributed by atoms with Gasteiger partial charge in [-0.15, -0.1) is 0 Å². The summed E-state index contributed by atoms with van der Waals surface area (Å²) in [5, 5.41) is 0. The topological polar surface area (TPSA) is 0 Å². The molecule has 0 aromatic rings. The summed E-state index contributed by atoms with van der Waals surface area (Å²) in [6, 6.07) is 3.06. The molecule has 0 nitrogen and oxygen atoms in total. The molecule has 0 amide bonds. The molecule has 0 aromatic carbocycles. The van der Waals surface area contributed by atoms with Crippen molar-refractivity contribution in [3.63, 3.8) is 0 Å². The van der Waals surface area contributed by atoms with Crippen LogP contribution in [0.1, 0.15) is 41.5 Å². The summed E-state index contributed by atoms with van der Waals surface area (Å²) in [6.45, 7) is 14.6. The van der Waals surface area contributed by atoms with Gasteiger partial charge in [-0.05, 0) is 0 Å². The number of rotatable bonds is 5. The van der Waals surface area contributed by atoms with Crippen LogP contribution in [0.15, 0.2) is 0 Å². The van der Waals surface area contributed by atoms with Gasteiger partial charge in [0.2, 0.25) is 0 Å². The second-order valence-electron chi connectivity index (χ2n) is 4.32. The van der Waals surface area contributed by atoms with Crippen molar-refractivity contribution >= 4 is 16.6 Å². The Morgan fingerprint density at radius 3 is 1.33 bits per heavy atom. The summed E-state index contributed by atoms with van der Waals surface area (Å²) < 4.78 is 0. The largest absolute Gasteiger partial charge is 0.0682 e. The molecule has 0 spiro atoms. The molecule has 0 aliphatic rings. The third-order valence-electron chi connectivity index (χ3n) is 2.79. The van der Waals surface area contributed by atoms with E-state index in [0.29, 0.717) is 0 Å². The second kappa shape index (κ2) is 5.97. The van der Waals surface area contributed by atoms with Crippen LogP contribution in [0.5, 0.6) is 0 Å². The highest BCUT2D eigenvalue weighted by Gasteiger charge is 2.27. The first-order valence-corrected chi connectivity index (χ1v) is 10.5. The number of hydrogen-bond acceptors (Lipinski definition) is 0. The fraction of sp³-hybridized carbons (Fsp3) is 1.00. The van der Waals surface area contributed by atoms with E-state index in [9.17, 15) is 0 Å². The fourth-order valence-corrected chi connectivity index (χ4v) is 15.6. The van der Waals surface area contributed by atoms with Crippen molar-refractivity contribution in [2.24, 2.45) is 0 Å². The predicted octanol–water partition coefficient (Wildman–Crippen LogP) is 3.65. The minimum Gasteiger partial charge on any atom is -0.0682 e. The summed E-state index contributed by atoms with van der Waals surface area (Å²) in [7, 11) is -0.301. The standard InChI is InChI=1S/C10H25Si2/c1-7-11(8-2)12(9(3)4)10(5)6/h9-11H,7-8H2,1-6H3. The molecular formula is C10H25Si2. The summed E-state index contributed by atoms with van der Waals surface area (Å²) in [4.78, 5) is 0. The Hall–Kier alpha value is 0.434. The summed E-state index contributed by atoms with van der Waals surface area (Å²) in [5.41, 5.74) is 2.01. The van der Waals surface area contributed by atoms with Crippen LogP contribution in [0, 0.1) is 0 Å². The van der Waals surface area contributed by atoms with Crippen LogP contribution in [0.25, 0.3) is 0 Å². The third-order valence-corrected chi connectivity index (χ3v) is 17.6. The number of hydrogen-bond donors (Lipinski definition) is 0.